The summed E-state index contributed by atoms with van der Waals surface area (Å²) >= 11 is 0. The molecule has 0 aliphatic carbocycles. The smallest absolute Gasteiger partial charge is 0.232 e. The maximum Gasteiger partial charge on any atom is 0.232 e. The van der Waals surface area contributed by atoms with Crippen molar-refractivity contribution in [3.05, 3.63) is 41.6 Å². The molecule has 4 heteroatoms. The van der Waals surface area contributed by atoms with Gasteiger partial charge in [-0.15, -0.1) is 0 Å². The second-order valence-electron chi connectivity index (χ2n) is 6.94. The minimum atomic E-state index is 0.733. The van der Waals surface area contributed by atoms with Crippen molar-refractivity contribution in [2.45, 2.75) is 40.5 Å². The summed E-state index contributed by atoms with van der Waals surface area (Å²) in [5.41, 5.74) is 3.43. The van der Waals surface area contributed by atoms with Gasteiger partial charge in [0, 0.05) is 37.1 Å². The molecule has 3 rings (SSSR count). The van der Waals surface area contributed by atoms with E-state index in [-0.39, 0.29) is 0 Å². The fraction of sp³-hybridized carbons (Fsp3) is 0.500. The molecule has 1 aromatic heterocycles. The van der Waals surface area contributed by atoms with Crippen LogP contribution in [0.4, 0.5) is 17.5 Å². The largest absolute Gasteiger partial charge is 0.356 e. The van der Waals surface area contributed by atoms with Crippen LogP contribution in [-0.4, -0.2) is 29.6 Å². The Morgan fingerprint density at radius 2 is 2.04 bits per heavy atom. The Hall–Kier alpha value is -2.10. The van der Waals surface area contributed by atoms with Crippen molar-refractivity contribution in [3.8, 4) is 0 Å². The predicted molar refractivity (Wildman–Crippen MR) is 101 cm³/mol. The van der Waals surface area contributed by atoms with Gasteiger partial charge in [0.1, 0.15) is 5.82 Å². The molecule has 128 valence electrons. The number of aryl methyl sites for hydroxylation is 2. The van der Waals surface area contributed by atoms with Crippen LogP contribution in [0.5, 0.6) is 0 Å². The minimum Gasteiger partial charge on any atom is -0.356 e. The number of rotatable bonds is 4. The van der Waals surface area contributed by atoms with Gasteiger partial charge in [-0.1, -0.05) is 19.1 Å². The highest BCUT2D eigenvalue weighted by Crippen LogP contribution is 2.27. The zero-order valence-electron chi connectivity index (χ0n) is 15.3. The fourth-order valence-electron chi connectivity index (χ4n) is 3.45. The Morgan fingerprint density at radius 3 is 2.75 bits per heavy atom. The summed E-state index contributed by atoms with van der Waals surface area (Å²) in [6.45, 7) is 11.7. The van der Waals surface area contributed by atoms with Crippen LogP contribution in [0.3, 0.4) is 0 Å². The topological polar surface area (TPSA) is 32.3 Å². The van der Waals surface area contributed by atoms with Crippen molar-refractivity contribution in [2.24, 2.45) is 5.92 Å². The molecule has 2 aromatic rings. The fourth-order valence-corrected chi connectivity index (χ4v) is 3.45. The van der Waals surface area contributed by atoms with Crippen molar-refractivity contribution >= 4 is 17.5 Å². The summed E-state index contributed by atoms with van der Waals surface area (Å²) in [5.74, 6) is 2.60. The Morgan fingerprint density at radius 1 is 1.21 bits per heavy atom. The molecular weight excluding hydrogens is 296 g/mol. The average Bonchev–Trinajstić information content (AvgIpc) is 2.55. The summed E-state index contributed by atoms with van der Waals surface area (Å²) < 4.78 is 0. The van der Waals surface area contributed by atoms with Gasteiger partial charge in [-0.25, -0.2) is 4.98 Å². The summed E-state index contributed by atoms with van der Waals surface area (Å²) in [6.07, 6.45) is 2.56. The number of hydrogen-bond donors (Lipinski definition) is 0. The van der Waals surface area contributed by atoms with Gasteiger partial charge in [0.15, 0.2) is 0 Å². The first-order valence-electron chi connectivity index (χ1n) is 9.01. The van der Waals surface area contributed by atoms with Gasteiger partial charge in [-0.3, -0.25) is 0 Å². The summed E-state index contributed by atoms with van der Waals surface area (Å²) in [7, 11) is 0. The van der Waals surface area contributed by atoms with E-state index in [0.29, 0.717) is 0 Å². The molecule has 1 aliphatic rings. The number of benzene rings is 1. The lowest BCUT2D eigenvalue weighted by Gasteiger charge is -2.32. The second-order valence-corrected chi connectivity index (χ2v) is 6.94. The van der Waals surface area contributed by atoms with Crippen LogP contribution in [0, 0.1) is 19.8 Å². The Labute approximate surface area is 145 Å². The number of piperidine rings is 1. The molecule has 0 amide bonds. The monoisotopic (exact) mass is 324 g/mol. The number of aromatic nitrogens is 2. The van der Waals surface area contributed by atoms with Gasteiger partial charge >= 0.3 is 0 Å². The molecule has 0 N–H and O–H groups in total. The molecule has 1 unspecified atom stereocenters. The summed E-state index contributed by atoms with van der Waals surface area (Å²) in [6, 6.07) is 10.7. The van der Waals surface area contributed by atoms with Gasteiger partial charge in [0.25, 0.3) is 0 Å². The van der Waals surface area contributed by atoms with Gasteiger partial charge in [-0.05, 0) is 57.2 Å². The van der Waals surface area contributed by atoms with Crippen molar-refractivity contribution < 1.29 is 0 Å². The normalized spacial score (nSPS) is 17.8. The first kappa shape index (κ1) is 16.7. The number of hydrogen-bond acceptors (Lipinski definition) is 4. The molecule has 1 aromatic carbocycles. The van der Waals surface area contributed by atoms with Crippen molar-refractivity contribution in [1.82, 2.24) is 9.97 Å². The van der Waals surface area contributed by atoms with Gasteiger partial charge in [0.2, 0.25) is 5.95 Å². The Bertz CT molecular complexity index is 698. The molecule has 4 nitrogen and oxygen atoms in total. The van der Waals surface area contributed by atoms with Crippen LogP contribution in [0.1, 0.15) is 37.9 Å². The number of nitrogens with zero attached hydrogens (tertiary/aromatic N) is 4. The second kappa shape index (κ2) is 7.20. The van der Waals surface area contributed by atoms with E-state index in [0.717, 1.165) is 48.7 Å². The van der Waals surface area contributed by atoms with Crippen molar-refractivity contribution in [2.75, 3.05) is 29.4 Å². The van der Waals surface area contributed by atoms with Crippen LogP contribution in [0.25, 0.3) is 0 Å². The quantitative estimate of drug-likeness (QED) is 0.829. The molecular formula is C20H28N4. The molecule has 0 radical (unpaired) electrons. The minimum absolute atomic E-state index is 0.733. The zero-order chi connectivity index (χ0) is 17.1. The van der Waals surface area contributed by atoms with E-state index in [1.54, 1.807) is 0 Å². The highest BCUT2D eigenvalue weighted by Gasteiger charge is 2.20. The van der Waals surface area contributed by atoms with Crippen LogP contribution in [0.2, 0.25) is 0 Å². The standard InChI is InChI=1S/C20H28N4/c1-5-24(18-10-6-8-15(2)12-18)20-21-17(4)13-19(22-20)23-11-7-9-16(3)14-23/h6,8,10,12-13,16H,5,7,9,11,14H2,1-4H3. The highest BCUT2D eigenvalue weighted by molar-refractivity contribution is 5.60. The third kappa shape index (κ3) is 3.69. The first-order valence-corrected chi connectivity index (χ1v) is 9.01. The van der Waals surface area contributed by atoms with Crippen LogP contribution >= 0.6 is 0 Å². The van der Waals surface area contributed by atoms with Crippen LogP contribution < -0.4 is 9.80 Å². The molecule has 0 bridgehead atoms. The lowest BCUT2D eigenvalue weighted by molar-refractivity contribution is 0.444. The van der Waals surface area contributed by atoms with E-state index >= 15 is 0 Å². The number of anilines is 3. The van der Waals surface area contributed by atoms with E-state index in [1.165, 1.54) is 18.4 Å². The van der Waals surface area contributed by atoms with E-state index in [2.05, 4.69) is 67.8 Å². The average molecular weight is 324 g/mol. The molecule has 0 saturated carbocycles. The Kier molecular flexibility index (Phi) is 5.03. The maximum absolute atomic E-state index is 4.91. The SMILES string of the molecule is CCN(c1cccc(C)c1)c1nc(C)cc(N2CCCC(C)C2)n1. The molecule has 1 aliphatic heterocycles. The Balaban J connectivity index is 1.94. The van der Waals surface area contributed by atoms with Crippen molar-refractivity contribution in [3.63, 3.8) is 0 Å². The molecule has 2 heterocycles. The molecule has 1 fully saturated rings. The molecule has 0 spiro atoms. The summed E-state index contributed by atoms with van der Waals surface area (Å²) in [4.78, 5) is 14.2. The van der Waals surface area contributed by atoms with Gasteiger partial charge in [-0.2, -0.15) is 4.98 Å². The van der Waals surface area contributed by atoms with Crippen LogP contribution in [-0.2, 0) is 0 Å². The van der Waals surface area contributed by atoms with E-state index in [9.17, 15) is 0 Å². The molecule has 1 saturated heterocycles. The predicted octanol–water partition coefficient (Wildman–Crippen LogP) is 4.49. The summed E-state index contributed by atoms with van der Waals surface area (Å²) in [5, 5.41) is 0. The third-order valence-corrected chi connectivity index (χ3v) is 4.68. The zero-order valence-corrected chi connectivity index (χ0v) is 15.3. The van der Waals surface area contributed by atoms with E-state index in [1.807, 2.05) is 0 Å². The van der Waals surface area contributed by atoms with E-state index in [4.69, 9.17) is 9.97 Å². The molecule has 1 atom stereocenters. The first-order chi connectivity index (χ1) is 11.6. The lowest BCUT2D eigenvalue weighted by atomic mass is 10.0. The van der Waals surface area contributed by atoms with Crippen molar-refractivity contribution in [1.29, 1.82) is 0 Å². The van der Waals surface area contributed by atoms with Gasteiger partial charge in [0.05, 0.1) is 0 Å². The lowest BCUT2D eigenvalue weighted by Crippen LogP contribution is -2.35. The third-order valence-electron chi connectivity index (χ3n) is 4.68. The molecule has 24 heavy (non-hydrogen) atoms. The van der Waals surface area contributed by atoms with Gasteiger partial charge < -0.3 is 9.80 Å². The highest BCUT2D eigenvalue weighted by atomic mass is 15.3. The maximum atomic E-state index is 4.91. The van der Waals surface area contributed by atoms with E-state index < -0.39 is 0 Å². The van der Waals surface area contributed by atoms with Crippen LogP contribution in [0.15, 0.2) is 30.3 Å².